The van der Waals surface area contributed by atoms with Crippen LogP contribution in [0, 0.1) is 46.3 Å². The third-order valence-corrected chi connectivity index (χ3v) is 14.1. The Morgan fingerprint density at radius 2 is 1.77 bits per heavy atom. The maximum absolute atomic E-state index is 13.8. The van der Waals surface area contributed by atoms with Gasteiger partial charge in [-0.3, -0.25) is 4.18 Å². The summed E-state index contributed by atoms with van der Waals surface area (Å²) in [6, 6.07) is 7.43. The van der Waals surface area contributed by atoms with Crippen molar-refractivity contribution in [1.29, 1.82) is 0 Å². The Balaban J connectivity index is 1.37. The van der Waals surface area contributed by atoms with Crippen LogP contribution in [-0.2, 0) is 20.7 Å². The molecule has 4 aliphatic rings. The third kappa shape index (κ3) is 6.70. The third-order valence-electron chi connectivity index (χ3n) is 12.8. The van der Waals surface area contributed by atoms with Crippen LogP contribution in [0.2, 0.25) is 0 Å². The first kappa shape index (κ1) is 33.2. The zero-order valence-corrected chi connectivity index (χ0v) is 28.6. The molecule has 0 unspecified atom stereocenters. The predicted octanol–water partition coefficient (Wildman–Crippen LogP) is 9.51. The van der Waals surface area contributed by atoms with Crippen LogP contribution in [0.3, 0.4) is 0 Å². The van der Waals surface area contributed by atoms with E-state index in [9.17, 15) is 13.5 Å². The lowest BCUT2D eigenvalue weighted by atomic mass is 9.46. The van der Waals surface area contributed by atoms with Crippen molar-refractivity contribution in [3.63, 3.8) is 0 Å². The number of fused-ring (bicyclic) bond motifs is 5. The minimum atomic E-state index is -3.89. The Kier molecular flexibility index (Phi) is 10.6. The van der Waals surface area contributed by atoms with Crippen molar-refractivity contribution in [3.8, 4) is 0 Å². The van der Waals surface area contributed by atoms with Crippen LogP contribution in [-0.4, -0.2) is 26.2 Å². The number of hydrogen-bond donors (Lipinski definition) is 1. The summed E-state index contributed by atoms with van der Waals surface area (Å²) in [6.45, 7) is 12.2. The van der Waals surface area contributed by atoms with Gasteiger partial charge in [-0.15, -0.1) is 0 Å². The fraction of sp³-hybridized carbons (Fsp3) is 0.789. The maximum atomic E-state index is 13.8. The van der Waals surface area contributed by atoms with Gasteiger partial charge in [0, 0.05) is 5.41 Å². The van der Waals surface area contributed by atoms with Crippen LogP contribution in [0.15, 0.2) is 40.8 Å². The second kappa shape index (κ2) is 13.7. The average molecular weight is 613 g/mol. The van der Waals surface area contributed by atoms with Gasteiger partial charge in [-0.05, 0) is 117 Å². The number of unbranched alkanes of at least 4 members (excludes halogenated alkanes) is 2. The second-order valence-corrected chi connectivity index (χ2v) is 17.3. The molecule has 5 heteroatoms. The van der Waals surface area contributed by atoms with Crippen LogP contribution >= 0.6 is 0 Å². The van der Waals surface area contributed by atoms with Gasteiger partial charge in [-0.1, -0.05) is 96.6 Å². The minimum absolute atomic E-state index is 0.219. The largest absolute Gasteiger partial charge is 0.393 e. The molecule has 4 nitrogen and oxygen atoms in total. The molecular weight excluding hydrogens is 552 g/mol. The highest BCUT2D eigenvalue weighted by molar-refractivity contribution is 7.86. The molecule has 0 bridgehead atoms. The second-order valence-electron chi connectivity index (χ2n) is 15.7. The van der Waals surface area contributed by atoms with Crippen molar-refractivity contribution in [1.82, 2.24) is 0 Å². The minimum Gasteiger partial charge on any atom is -0.393 e. The molecule has 4 aliphatic carbocycles. The first-order chi connectivity index (χ1) is 20.5. The molecule has 1 aromatic carbocycles. The van der Waals surface area contributed by atoms with Crippen molar-refractivity contribution >= 4 is 10.1 Å². The molecule has 1 aromatic rings. The molecule has 0 aromatic heterocycles. The van der Waals surface area contributed by atoms with Gasteiger partial charge in [-0.2, -0.15) is 8.42 Å². The van der Waals surface area contributed by atoms with Crippen molar-refractivity contribution in [3.05, 3.63) is 41.5 Å². The SMILES string of the molecule is CCCCCc1ccccc1S(=O)(=O)OC[C@]12CC[C@H](O)CC1=CC[C@@H]1[C@@H]2CC[C@]2(C)[C@@H]([C@H](C)CCCC(C)C)CC[C@@H]12. The highest BCUT2D eigenvalue weighted by Crippen LogP contribution is 2.67. The number of hydrogen-bond acceptors (Lipinski definition) is 4. The molecule has 1 N–H and O–H groups in total. The van der Waals surface area contributed by atoms with Crippen LogP contribution in [0.25, 0.3) is 0 Å². The van der Waals surface area contributed by atoms with E-state index in [4.69, 9.17) is 4.18 Å². The summed E-state index contributed by atoms with van der Waals surface area (Å²) in [6.07, 6.45) is 18.4. The first-order valence-corrected chi connectivity index (χ1v) is 19.3. The van der Waals surface area contributed by atoms with Crippen LogP contribution in [0.5, 0.6) is 0 Å². The molecular formula is C38H60O4S. The fourth-order valence-corrected chi connectivity index (χ4v) is 11.7. The molecule has 5 rings (SSSR count). The number of aliphatic hydroxyl groups excluding tert-OH is 1. The summed E-state index contributed by atoms with van der Waals surface area (Å²) in [4.78, 5) is 0.345. The Bertz CT molecular complexity index is 1220. The lowest BCUT2D eigenvalue weighted by Gasteiger charge is -2.59. The van der Waals surface area contributed by atoms with Crippen LogP contribution < -0.4 is 0 Å². The lowest BCUT2D eigenvalue weighted by Crippen LogP contribution is -2.53. The van der Waals surface area contributed by atoms with E-state index in [-0.39, 0.29) is 18.1 Å². The van der Waals surface area contributed by atoms with Gasteiger partial charge in [0.25, 0.3) is 10.1 Å². The average Bonchev–Trinajstić information content (AvgIpc) is 3.33. The monoisotopic (exact) mass is 612 g/mol. The number of rotatable bonds is 13. The van der Waals surface area contributed by atoms with Gasteiger partial charge < -0.3 is 5.11 Å². The molecule has 3 fully saturated rings. The van der Waals surface area contributed by atoms with Crippen LogP contribution in [0.4, 0.5) is 0 Å². The fourth-order valence-electron chi connectivity index (χ4n) is 10.5. The van der Waals surface area contributed by atoms with Gasteiger partial charge in [0.1, 0.15) is 0 Å². The predicted molar refractivity (Wildman–Crippen MR) is 176 cm³/mol. The van der Waals surface area contributed by atoms with E-state index < -0.39 is 10.1 Å². The highest BCUT2D eigenvalue weighted by atomic mass is 32.2. The van der Waals surface area contributed by atoms with E-state index in [1.54, 1.807) is 6.07 Å². The van der Waals surface area contributed by atoms with Crippen molar-refractivity contribution < 1.29 is 17.7 Å². The number of aryl methyl sites for hydroxylation is 1. The standard InChI is InChI=1S/C38H60O4S/c1-6-7-8-14-29-15-9-10-16-36(29)43(40,41)42-26-38-24-21-31(39)25-30(38)17-18-32-34-20-19-33(28(4)13-11-12-27(2)3)37(34,5)23-22-35(32)38/h9-10,15-17,27-28,31-35,39H,6-8,11-14,18-26H2,1-5H3/t28-,31+,32+,33-,34+,35+,37-,38-/m1/s1. The zero-order valence-electron chi connectivity index (χ0n) is 27.8. The normalized spacial score (nSPS) is 34.8. The first-order valence-electron chi connectivity index (χ1n) is 17.9. The van der Waals surface area contributed by atoms with Gasteiger partial charge in [0.05, 0.1) is 17.6 Å². The Morgan fingerprint density at radius 3 is 2.53 bits per heavy atom. The molecule has 3 saturated carbocycles. The Labute approximate surface area is 263 Å². The van der Waals surface area contributed by atoms with Gasteiger partial charge in [-0.25, -0.2) is 0 Å². The summed E-state index contributed by atoms with van der Waals surface area (Å²) >= 11 is 0. The molecule has 0 saturated heterocycles. The molecule has 8 atom stereocenters. The topological polar surface area (TPSA) is 63.6 Å². The van der Waals surface area contributed by atoms with Gasteiger partial charge in [0.15, 0.2) is 0 Å². The number of aliphatic hydroxyl groups is 1. The van der Waals surface area contributed by atoms with E-state index in [0.717, 1.165) is 74.7 Å². The molecule has 0 aliphatic heterocycles. The summed E-state index contributed by atoms with van der Waals surface area (Å²) in [5, 5.41) is 10.7. The molecule has 43 heavy (non-hydrogen) atoms. The van der Waals surface area contributed by atoms with Crippen molar-refractivity contribution in [2.24, 2.45) is 46.3 Å². The Hall–Kier alpha value is -1.17. The summed E-state index contributed by atoms with van der Waals surface area (Å²) in [5.74, 6) is 4.05. The quantitative estimate of drug-likeness (QED) is 0.137. The highest BCUT2D eigenvalue weighted by Gasteiger charge is 2.60. The molecule has 0 radical (unpaired) electrons. The smallest absolute Gasteiger partial charge is 0.297 e. The molecule has 0 heterocycles. The Morgan fingerprint density at radius 1 is 0.977 bits per heavy atom. The van der Waals surface area contributed by atoms with E-state index >= 15 is 0 Å². The van der Waals surface area contributed by atoms with E-state index in [0.29, 0.717) is 34.5 Å². The van der Waals surface area contributed by atoms with Gasteiger partial charge >= 0.3 is 0 Å². The van der Waals surface area contributed by atoms with Gasteiger partial charge in [0.2, 0.25) is 0 Å². The summed E-state index contributed by atoms with van der Waals surface area (Å²) in [7, 11) is -3.89. The van der Waals surface area contributed by atoms with Crippen molar-refractivity contribution in [2.75, 3.05) is 6.61 Å². The maximum Gasteiger partial charge on any atom is 0.297 e. The van der Waals surface area contributed by atoms with E-state index in [1.807, 2.05) is 18.2 Å². The summed E-state index contributed by atoms with van der Waals surface area (Å²) in [5.41, 5.74) is 2.25. The van der Waals surface area contributed by atoms with Crippen LogP contribution in [0.1, 0.15) is 130 Å². The molecule has 0 spiro atoms. The van der Waals surface area contributed by atoms with Crippen molar-refractivity contribution in [2.45, 2.75) is 142 Å². The summed E-state index contributed by atoms with van der Waals surface area (Å²) < 4.78 is 33.8. The molecule has 242 valence electrons. The van der Waals surface area contributed by atoms with E-state index in [2.05, 4.69) is 40.7 Å². The van der Waals surface area contributed by atoms with E-state index in [1.165, 1.54) is 44.1 Å². The lowest BCUT2D eigenvalue weighted by molar-refractivity contribution is -0.0755. The number of allylic oxidation sites excluding steroid dienone is 1. The zero-order chi connectivity index (χ0) is 30.8. The number of benzene rings is 1. The molecule has 0 amide bonds.